The minimum absolute atomic E-state index is 0.0282. The van der Waals surface area contributed by atoms with Crippen LogP contribution in [0, 0.1) is 0 Å². The Bertz CT molecular complexity index is 467. The number of benzene rings is 1. The molecule has 1 N–H and O–H groups in total. The number of phenols is 1. The molecule has 0 spiro atoms. The van der Waals surface area contributed by atoms with Crippen LogP contribution in [-0.2, 0) is 0 Å². The molecule has 0 aliphatic rings. The van der Waals surface area contributed by atoms with Crippen LogP contribution in [0.15, 0.2) is 28.9 Å². The molecule has 0 amide bonds. The summed E-state index contributed by atoms with van der Waals surface area (Å²) < 4.78 is 0.678. The van der Waals surface area contributed by atoms with E-state index < -0.39 is 0 Å². The van der Waals surface area contributed by atoms with Gasteiger partial charge in [0.05, 0.1) is 5.02 Å². The Hall–Kier alpha value is -0.800. The number of rotatable bonds is 0. The van der Waals surface area contributed by atoms with Crippen molar-refractivity contribution >= 4 is 38.4 Å². The Morgan fingerprint density at radius 1 is 1.23 bits per heavy atom. The third-order valence-corrected chi connectivity index (χ3v) is 2.50. The van der Waals surface area contributed by atoms with Gasteiger partial charge in [-0.25, -0.2) is 4.98 Å². The molecule has 0 saturated heterocycles. The quantitative estimate of drug-likeness (QED) is 0.735. The summed E-state index contributed by atoms with van der Waals surface area (Å²) in [4.78, 5) is 4.12. The summed E-state index contributed by atoms with van der Waals surface area (Å²) in [6, 6.07) is 7.14. The summed E-state index contributed by atoms with van der Waals surface area (Å²) in [5.74, 6) is 0.0282. The Morgan fingerprint density at radius 3 is 2.69 bits per heavy atom. The van der Waals surface area contributed by atoms with Crippen LogP contribution in [0.5, 0.6) is 5.75 Å². The zero-order chi connectivity index (χ0) is 9.42. The molecule has 2 nitrogen and oxygen atoms in total. The second kappa shape index (κ2) is 3.16. The van der Waals surface area contributed by atoms with Crippen molar-refractivity contribution < 1.29 is 5.11 Å². The lowest BCUT2D eigenvalue weighted by atomic mass is 10.2. The zero-order valence-electron chi connectivity index (χ0n) is 6.46. The van der Waals surface area contributed by atoms with Gasteiger partial charge in [-0.1, -0.05) is 17.7 Å². The molecule has 4 heteroatoms. The van der Waals surface area contributed by atoms with Crippen LogP contribution in [0.2, 0.25) is 5.02 Å². The molecule has 0 saturated carbocycles. The van der Waals surface area contributed by atoms with Crippen LogP contribution in [0.3, 0.4) is 0 Å². The predicted molar refractivity (Wildman–Crippen MR) is 56.1 cm³/mol. The Kier molecular flexibility index (Phi) is 2.14. The fourth-order valence-corrected chi connectivity index (χ4v) is 1.59. The van der Waals surface area contributed by atoms with Crippen molar-refractivity contribution in [3.8, 4) is 5.75 Å². The lowest BCUT2D eigenvalue weighted by Gasteiger charge is -2.01. The van der Waals surface area contributed by atoms with Gasteiger partial charge in [-0.3, -0.25) is 0 Å². The molecule has 0 radical (unpaired) electrons. The maximum absolute atomic E-state index is 9.57. The zero-order valence-corrected chi connectivity index (χ0v) is 8.80. The first kappa shape index (κ1) is 8.78. The van der Waals surface area contributed by atoms with E-state index in [-0.39, 0.29) is 5.75 Å². The van der Waals surface area contributed by atoms with Gasteiger partial charge in [0.15, 0.2) is 5.75 Å². The molecule has 0 aliphatic carbocycles. The summed E-state index contributed by atoms with van der Waals surface area (Å²) in [6.45, 7) is 0. The third-order valence-electron chi connectivity index (χ3n) is 1.75. The highest BCUT2D eigenvalue weighted by molar-refractivity contribution is 9.10. The number of hydrogen-bond donors (Lipinski definition) is 1. The van der Waals surface area contributed by atoms with E-state index in [1.807, 2.05) is 18.2 Å². The Balaban J connectivity index is 2.89. The maximum Gasteiger partial charge on any atom is 0.160 e. The molecule has 1 heterocycles. The van der Waals surface area contributed by atoms with Crippen molar-refractivity contribution in [3.05, 3.63) is 33.9 Å². The van der Waals surface area contributed by atoms with Gasteiger partial charge >= 0.3 is 0 Å². The topological polar surface area (TPSA) is 33.1 Å². The van der Waals surface area contributed by atoms with E-state index in [2.05, 4.69) is 20.9 Å². The van der Waals surface area contributed by atoms with E-state index in [1.165, 1.54) is 0 Å². The van der Waals surface area contributed by atoms with Gasteiger partial charge in [-0.15, -0.1) is 0 Å². The van der Waals surface area contributed by atoms with Crippen molar-refractivity contribution in [1.82, 2.24) is 4.98 Å². The fraction of sp³-hybridized carbons (Fsp3) is 0. The average molecular weight is 259 g/mol. The van der Waals surface area contributed by atoms with E-state index in [0.29, 0.717) is 15.1 Å². The number of aromatic hydroxyl groups is 1. The van der Waals surface area contributed by atoms with E-state index in [1.54, 1.807) is 6.07 Å². The molecule has 2 aromatic rings. The number of nitrogens with zero attached hydrogens (tertiary/aromatic N) is 1. The van der Waals surface area contributed by atoms with Gasteiger partial charge < -0.3 is 5.11 Å². The summed E-state index contributed by atoms with van der Waals surface area (Å²) in [6.07, 6.45) is 0. The van der Waals surface area contributed by atoms with Gasteiger partial charge in [0, 0.05) is 5.39 Å². The van der Waals surface area contributed by atoms with Gasteiger partial charge in [0.2, 0.25) is 0 Å². The Morgan fingerprint density at radius 2 is 1.92 bits per heavy atom. The fourth-order valence-electron chi connectivity index (χ4n) is 1.13. The molecule has 0 bridgehead atoms. The largest absolute Gasteiger partial charge is 0.504 e. The minimum Gasteiger partial charge on any atom is -0.504 e. The maximum atomic E-state index is 9.57. The van der Waals surface area contributed by atoms with Gasteiger partial charge in [0.1, 0.15) is 10.1 Å². The third kappa shape index (κ3) is 1.49. The lowest BCUT2D eigenvalue weighted by Crippen LogP contribution is -1.81. The van der Waals surface area contributed by atoms with E-state index in [4.69, 9.17) is 11.6 Å². The van der Waals surface area contributed by atoms with Crippen molar-refractivity contribution in [2.24, 2.45) is 0 Å². The molecule has 0 aliphatic heterocycles. The summed E-state index contributed by atoms with van der Waals surface area (Å²) in [7, 11) is 0. The summed E-state index contributed by atoms with van der Waals surface area (Å²) in [5, 5.41) is 10.8. The van der Waals surface area contributed by atoms with Gasteiger partial charge in [-0.2, -0.15) is 0 Å². The van der Waals surface area contributed by atoms with Gasteiger partial charge in [0.25, 0.3) is 0 Å². The minimum atomic E-state index is 0.0282. The molecule has 0 fully saturated rings. The predicted octanol–water partition coefficient (Wildman–Crippen LogP) is 3.36. The van der Waals surface area contributed by atoms with Crippen LogP contribution in [0.25, 0.3) is 10.9 Å². The van der Waals surface area contributed by atoms with E-state index in [0.717, 1.165) is 5.39 Å². The number of fused-ring (bicyclic) bond motifs is 1. The number of pyridine rings is 1. The summed E-state index contributed by atoms with van der Waals surface area (Å²) in [5.41, 5.74) is 0.516. The number of halogens is 2. The van der Waals surface area contributed by atoms with E-state index in [9.17, 15) is 5.11 Å². The standard InChI is InChI=1S/C9H5BrClNO/c10-7-4-2-5-1-3-6(11)9(13)8(5)12-7/h1-4,13H. The number of hydrogen-bond acceptors (Lipinski definition) is 2. The smallest absolute Gasteiger partial charge is 0.160 e. The van der Waals surface area contributed by atoms with Crippen LogP contribution in [-0.4, -0.2) is 10.1 Å². The molecular formula is C9H5BrClNO. The van der Waals surface area contributed by atoms with Crippen molar-refractivity contribution in [3.63, 3.8) is 0 Å². The van der Waals surface area contributed by atoms with Crippen LogP contribution in [0.1, 0.15) is 0 Å². The number of aromatic nitrogens is 1. The molecule has 0 unspecified atom stereocenters. The molecule has 2 rings (SSSR count). The highest BCUT2D eigenvalue weighted by atomic mass is 79.9. The molecule has 66 valence electrons. The lowest BCUT2D eigenvalue weighted by molar-refractivity contribution is 0.480. The molecule has 0 atom stereocenters. The first-order valence-corrected chi connectivity index (χ1v) is 4.79. The monoisotopic (exact) mass is 257 g/mol. The Labute approximate surface area is 88.3 Å². The molecule has 13 heavy (non-hydrogen) atoms. The molecular weight excluding hydrogens is 253 g/mol. The molecule has 1 aromatic heterocycles. The second-order valence-electron chi connectivity index (χ2n) is 2.60. The SMILES string of the molecule is Oc1c(Cl)ccc2ccc(Br)nc12. The highest BCUT2D eigenvalue weighted by Crippen LogP contribution is 2.31. The normalized spacial score (nSPS) is 10.6. The average Bonchev–Trinajstić information content (AvgIpc) is 2.12. The van der Waals surface area contributed by atoms with Crippen molar-refractivity contribution in [1.29, 1.82) is 0 Å². The van der Waals surface area contributed by atoms with Crippen LogP contribution >= 0.6 is 27.5 Å². The van der Waals surface area contributed by atoms with Crippen LogP contribution < -0.4 is 0 Å². The highest BCUT2D eigenvalue weighted by Gasteiger charge is 2.05. The van der Waals surface area contributed by atoms with Gasteiger partial charge in [-0.05, 0) is 34.1 Å². The number of phenolic OH excluding ortho intramolecular Hbond substituents is 1. The second-order valence-corrected chi connectivity index (χ2v) is 3.82. The van der Waals surface area contributed by atoms with E-state index >= 15 is 0 Å². The van der Waals surface area contributed by atoms with Crippen LogP contribution in [0.4, 0.5) is 0 Å². The first-order valence-electron chi connectivity index (χ1n) is 3.62. The first-order chi connectivity index (χ1) is 6.18. The summed E-state index contributed by atoms with van der Waals surface area (Å²) >= 11 is 8.96. The molecule has 1 aromatic carbocycles. The van der Waals surface area contributed by atoms with Crippen molar-refractivity contribution in [2.75, 3.05) is 0 Å². The van der Waals surface area contributed by atoms with Crippen molar-refractivity contribution in [2.45, 2.75) is 0 Å².